The van der Waals surface area contributed by atoms with Gasteiger partial charge in [-0.2, -0.15) is 0 Å². The van der Waals surface area contributed by atoms with Crippen molar-refractivity contribution < 1.29 is 9.59 Å². The average molecular weight is 425 g/mol. The van der Waals surface area contributed by atoms with E-state index in [0.717, 1.165) is 44.2 Å². The summed E-state index contributed by atoms with van der Waals surface area (Å²) in [5.41, 5.74) is 3.35. The zero-order valence-corrected chi connectivity index (χ0v) is 18.3. The largest absolute Gasteiger partial charge is 0.347 e. The second-order valence-corrected chi connectivity index (χ2v) is 9.14. The molecular weight excluding hydrogens is 396 g/mol. The predicted molar refractivity (Wildman–Crippen MR) is 119 cm³/mol. The number of nitrogens with one attached hydrogen (secondary N) is 1. The van der Waals surface area contributed by atoms with Crippen molar-refractivity contribution in [3.8, 4) is 0 Å². The fourth-order valence-corrected chi connectivity index (χ4v) is 5.20. The number of nitrogens with zero attached hydrogens (tertiary/aromatic N) is 1. The lowest BCUT2D eigenvalue weighted by Gasteiger charge is -2.41. The van der Waals surface area contributed by atoms with Crippen LogP contribution in [0.3, 0.4) is 0 Å². The monoisotopic (exact) mass is 424 g/mol. The van der Waals surface area contributed by atoms with Gasteiger partial charge in [-0.05, 0) is 66.8 Å². The first-order chi connectivity index (χ1) is 14.4. The fourth-order valence-electron chi connectivity index (χ4n) is 5.07. The molecule has 1 N–H and O–H groups in total. The van der Waals surface area contributed by atoms with Gasteiger partial charge in [-0.1, -0.05) is 48.0 Å². The summed E-state index contributed by atoms with van der Waals surface area (Å²) < 4.78 is 0. The van der Waals surface area contributed by atoms with Gasteiger partial charge >= 0.3 is 0 Å². The summed E-state index contributed by atoms with van der Waals surface area (Å²) in [4.78, 5) is 25.9. The highest BCUT2D eigenvalue weighted by atomic mass is 35.5. The zero-order valence-electron chi connectivity index (χ0n) is 17.5. The summed E-state index contributed by atoms with van der Waals surface area (Å²) in [6, 6.07) is 16.6. The van der Waals surface area contributed by atoms with Gasteiger partial charge in [0.2, 0.25) is 11.8 Å². The number of hydrogen-bond acceptors (Lipinski definition) is 2. The van der Waals surface area contributed by atoms with Crippen LogP contribution >= 0.6 is 11.6 Å². The van der Waals surface area contributed by atoms with Gasteiger partial charge in [-0.15, -0.1) is 0 Å². The minimum atomic E-state index is -0.327. The van der Waals surface area contributed by atoms with Crippen LogP contribution in [0.1, 0.15) is 68.1 Å². The summed E-state index contributed by atoms with van der Waals surface area (Å²) in [5, 5.41) is 3.95. The van der Waals surface area contributed by atoms with Crippen LogP contribution < -0.4 is 5.32 Å². The maximum absolute atomic E-state index is 12.0. The van der Waals surface area contributed by atoms with Gasteiger partial charge in [-0.25, -0.2) is 0 Å². The van der Waals surface area contributed by atoms with Crippen LogP contribution in [0.25, 0.3) is 0 Å². The average Bonchev–Trinajstić information content (AvgIpc) is 3.13. The Labute approximate surface area is 183 Å². The number of carbonyl (C=O) groups excluding carboxylic acids is 2. The molecule has 0 bridgehead atoms. The summed E-state index contributed by atoms with van der Waals surface area (Å²) in [7, 11) is 0. The minimum absolute atomic E-state index is 0.000627. The molecule has 30 heavy (non-hydrogen) atoms. The van der Waals surface area contributed by atoms with E-state index in [1.54, 1.807) is 6.92 Å². The number of rotatable bonds is 5. The molecule has 1 aliphatic heterocycles. The molecule has 4 nitrogen and oxygen atoms in total. The highest BCUT2D eigenvalue weighted by Gasteiger charge is 2.38. The fraction of sp³-hybridized carbons (Fsp3) is 0.440. The molecule has 0 spiro atoms. The van der Waals surface area contributed by atoms with Crippen LogP contribution in [0.2, 0.25) is 5.02 Å². The van der Waals surface area contributed by atoms with Crippen molar-refractivity contribution >= 4 is 23.4 Å². The summed E-state index contributed by atoms with van der Waals surface area (Å²) in [5.74, 6) is 0.732. The molecule has 4 rings (SSSR count). The topological polar surface area (TPSA) is 49.4 Å². The third kappa shape index (κ3) is 4.54. The van der Waals surface area contributed by atoms with Crippen molar-refractivity contribution in [2.45, 2.75) is 63.5 Å². The van der Waals surface area contributed by atoms with Gasteiger partial charge in [0.05, 0.1) is 5.54 Å². The molecule has 2 amide bonds. The van der Waals surface area contributed by atoms with E-state index in [1.807, 2.05) is 29.2 Å². The van der Waals surface area contributed by atoms with Crippen LogP contribution in [0.4, 0.5) is 0 Å². The molecule has 2 aromatic rings. The number of halogens is 1. The lowest BCUT2D eigenvalue weighted by molar-refractivity contribution is -0.128. The van der Waals surface area contributed by atoms with Crippen LogP contribution in [0, 0.1) is 0 Å². The SMILES string of the molecule is CC(=O)NC1(c2ccc(Cl)cc2)CCC(c2cccc(CN3CCCC3=O)c2)CC1. The number of carbonyl (C=O) groups is 2. The molecule has 158 valence electrons. The molecule has 1 heterocycles. The zero-order chi connectivity index (χ0) is 21.1. The second-order valence-electron chi connectivity index (χ2n) is 8.71. The Morgan fingerprint density at radius 1 is 1.17 bits per heavy atom. The highest BCUT2D eigenvalue weighted by molar-refractivity contribution is 6.30. The van der Waals surface area contributed by atoms with Gasteiger partial charge in [0.15, 0.2) is 0 Å². The Morgan fingerprint density at radius 2 is 1.90 bits per heavy atom. The van der Waals surface area contributed by atoms with Gasteiger partial charge in [-0.3, -0.25) is 9.59 Å². The van der Waals surface area contributed by atoms with Crippen molar-refractivity contribution in [3.63, 3.8) is 0 Å². The first-order valence-electron chi connectivity index (χ1n) is 10.9. The molecule has 2 fully saturated rings. The van der Waals surface area contributed by atoms with Crippen LogP contribution in [-0.4, -0.2) is 23.3 Å². The molecule has 0 radical (unpaired) electrons. The summed E-state index contributed by atoms with van der Waals surface area (Å²) in [6.07, 6.45) is 5.46. The van der Waals surface area contributed by atoms with Gasteiger partial charge in [0, 0.05) is 31.5 Å². The Bertz CT molecular complexity index is 917. The molecule has 0 unspecified atom stereocenters. The lowest BCUT2D eigenvalue weighted by Crippen LogP contribution is -2.47. The van der Waals surface area contributed by atoms with Gasteiger partial charge < -0.3 is 10.2 Å². The minimum Gasteiger partial charge on any atom is -0.347 e. The standard InChI is InChI=1S/C25H29ClN2O2/c1-18(29)27-25(22-7-9-23(26)10-8-22)13-11-20(12-14-25)21-5-2-4-19(16-21)17-28-15-3-6-24(28)30/h2,4-5,7-10,16,20H,3,6,11-15,17H2,1H3,(H,27,29). The Balaban J connectivity index is 1.48. The molecule has 1 saturated carbocycles. The van der Waals surface area contributed by atoms with E-state index < -0.39 is 0 Å². The third-order valence-corrected chi connectivity index (χ3v) is 6.87. The van der Waals surface area contributed by atoms with Gasteiger partial charge in [0.25, 0.3) is 0 Å². The van der Waals surface area contributed by atoms with E-state index in [4.69, 9.17) is 11.6 Å². The van der Waals surface area contributed by atoms with E-state index in [2.05, 4.69) is 29.6 Å². The maximum Gasteiger partial charge on any atom is 0.222 e. The Kier molecular flexibility index (Phi) is 6.14. The lowest BCUT2D eigenvalue weighted by atomic mass is 9.71. The van der Waals surface area contributed by atoms with Crippen molar-refractivity contribution in [2.75, 3.05) is 6.54 Å². The normalized spacial score (nSPS) is 24.1. The number of hydrogen-bond donors (Lipinski definition) is 1. The second kappa shape index (κ2) is 8.81. The smallest absolute Gasteiger partial charge is 0.222 e. The molecule has 5 heteroatoms. The molecule has 0 aromatic heterocycles. The Hall–Kier alpha value is -2.33. The maximum atomic E-state index is 12.0. The van der Waals surface area contributed by atoms with E-state index >= 15 is 0 Å². The summed E-state index contributed by atoms with van der Waals surface area (Å²) >= 11 is 6.08. The first kappa shape index (κ1) is 20.9. The quantitative estimate of drug-likeness (QED) is 0.721. The predicted octanol–water partition coefficient (Wildman–Crippen LogP) is 5.15. The van der Waals surface area contributed by atoms with Crippen molar-refractivity contribution in [2.24, 2.45) is 0 Å². The molecule has 1 aliphatic carbocycles. The van der Waals surface area contributed by atoms with E-state index in [-0.39, 0.29) is 17.4 Å². The highest BCUT2D eigenvalue weighted by Crippen LogP contribution is 2.43. The van der Waals surface area contributed by atoms with Crippen LogP contribution in [-0.2, 0) is 21.7 Å². The molecular formula is C25H29ClN2O2. The van der Waals surface area contributed by atoms with Crippen molar-refractivity contribution in [1.82, 2.24) is 10.2 Å². The number of likely N-dealkylation sites (tertiary alicyclic amines) is 1. The molecule has 1 saturated heterocycles. The molecule has 2 aromatic carbocycles. The van der Waals surface area contributed by atoms with Crippen LogP contribution in [0.5, 0.6) is 0 Å². The summed E-state index contributed by atoms with van der Waals surface area (Å²) in [6.45, 7) is 3.17. The van der Waals surface area contributed by atoms with Crippen molar-refractivity contribution in [3.05, 3.63) is 70.2 Å². The van der Waals surface area contributed by atoms with Crippen LogP contribution in [0.15, 0.2) is 48.5 Å². The molecule has 2 aliphatic rings. The molecule has 0 atom stereocenters. The van der Waals surface area contributed by atoms with Gasteiger partial charge in [0.1, 0.15) is 0 Å². The third-order valence-electron chi connectivity index (χ3n) is 6.62. The van der Waals surface area contributed by atoms with Crippen molar-refractivity contribution in [1.29, 1.82) is 0 Å². The number of benzene rings is 2. The van der Waals surface area contributed by atoms with E-state index in [9.17, 15) is 9.59 Å². The van der Waals surface area contributed by atoms with E-state index in [1.165, 1.54) is 11.1 Å². The number of amides is 2. The Morgan fingerprint density at radius 3 is 2.53 bits per heavy atom. The first-order valence-corrected chi connectivity index (χ1v) is 11.2. The van der Waals surface area contributed by atoms with E-state index in [0.29, 0.717) is 23.9 Å².